The molecule has 0 rings (SSSR count). The van der Waals surface area contributed by atoms with Crippen LogP contribution in [0.1, 0.15) is 99.3 Å². The van der Waals surface area contributed by atoms with E-state index in [0.717, 1.165) is 0 Å². The first kappa shape index (κ1) is 17.0. The van der Waals surface area contributed by atoms with Crippen molar-refractivity contribution in [2.75, 3.05) is 0 Å². The van der Waals surface area contributed by atoms with Crippen molar-refractivity contribution < 1.29 is 0 Å². The van der Waals surface area contributed by atoms with Gasteiger partial charge in [-0.1, -0.05) is 86.5 Å². The second-order valence-corrected chi connectivity index (χ2v) is 5.97. The highest BCUT2D eigenvalue weighted by Crippen LogP contribution is 2.41. The number of hydrogen-bond acceptors (Lipinski definition) is 0. The van der Waals surface area contributed by atoms with Crippen LogP contribution in [0.2, 0.25) is 0 Å². The third-order valence-corrected chi connectivity index (χ3v) is 5.91. The van der Waals surface area contributed by atoms with Crippen LogP contribution in [0.5, 0.6) is 0 Å². The summed E-state index contributed by atoms with van der Waals surface area (Å²) in [7, 11) is 0. The Hall–Kier alpha value is 0. The van der Waals surface area contributed by atoms with E-state index in [1.54, 1.807) is 0 Å². The first-order valence-corrected chi connectivity index (χ1v) is 8.07. The molecule has 0 heteroatoms. The zero-order valence-corrected chi connectivity index (χ0v) is 13.4. The highest BCUT2D eigenvalue weighted by atomic mass is 14.3. The van der Waals surface area contributed by atoms with E-state index >= 15 is 0 Å². The van der Waals surface area contributed by atoms with Crippen LogP contribution in [0.25, 0.3) is 0 Å². The second kappa shape index (κ2) is 8.16. The first-order chi connectivity index (χ1) is 8.07. The Labute approximate surface area is 111 Å². The molecule has 0 aromatic heterocycles. The molecule has 0 saturated heterocycles. The molecule has 0 aromatic rings. The Balaban J connectivity index is 4.28. The lowest BCUT2D eigenvalue weighted by molar-refractivity contribution is 0.175. The van der Waals surface area contributed by atoms with Crippen molar-refractivity contribution in [1.29, 1.82) is 0 Å². The van der Waals surface area contributed by atoms with Crippen LogP contribution < -0.4 is 0 Å². The summed E-state index contributed by atoms with van der Waals surface area (Å²) in [6.45, 7) is 14.2. The van der Waals surface area contributed by atoms with E-state index in [2.05, 4.69) is 41.5 Å². The van der Waals surface area contributed by atoms with Crippen LogP contribution in [0.4, 0.5) is 0 Å². The van der Waals surface area contributed by atoms with Crippen molar-refractivity contribution in [3.8, 4) is 0 Å². The van der Waals surface area contributed by atoms with Crippen molar-refractivity contribution in [3.05, 3.63) is 0 Å². The van der Waals surface area contributed by atoms with Crippen molar-refractivity contribution in [1.82, 2.24) is 0 Å². The minimum absolute atomic E-state index is 0.640. The zero-order valence-electron chi connectivity index (χ0n) is 13.4. The normalized spacial score (nSPS) is 13.1. The maximum Gasteiger partial charge on any atom is -0.0305 e. The molecule has 0 aromatic carbocycles. The molecule has 0 unspecified atom stereocenters. The monoisotopic (exact) mass is 240 g/mol. The molecule has 0 heterocycles. The van der Waals surface area contributed by atoms with Crippen LogP contribution in [0.3, 0.4) is 0 Å². The fraction of sp³-hybridized carbons (Fsp3) is 1.00. The third-order valence-electron chi connectivity index (χ3n) is 5.91. The van der Waals surface area contributed by atoms with Gasteiger partial charge in [-0.15, -0.1) is 0 Å². The molecule has 0 aliphatic heterocycles. The maximum atomic E-state index is 2.37. The highest BCUT2D eigenvalue weighted by Gasteiger charge is 2.27. The van der Waals surface area contributed by atoms with Crippen LogP contribution in [0.15, 0.2) is 0 Å². The molecule has 0 saturated carbocycles. The quantitative estimate of drug-likeness (QED) is 0.404. The summed E-state index contributed by atoms with van der Waals surface area (Å²) < 4.78 is 0. The highest BCUT2D eigenvalue weighted by molar-refractivity contribution is 4.79. The fourth-order valence-corrected chi connectivity index (χ4v) is 3.40. The maximum absolute atomic E-state index is 2.37. The van der Waals surface area contributed by atoms with Gasteiger partial charge >= 0.3 is 0 Å². The lowest BCUT2D eigenvalue weighted by atomic mass is 9.71. The average molecular weight is 240 g/mol. The van der Waals surface area contributed by atoms with Crippen molar-refractivity contribution >= 4 is 0 Å². The van der Waals surface area contributed by atoms with Gasteiger partial charge in [0.1, 0.15) is 0 Å². The van der Waals surface area contributed by atoms with E-state index in [9.17, 15) is 0 Å². The molecule has 0 fully saturated rings. The molecule has 0 bridgehead atoms. The largest absolute Gasteiger partial charge is 0.0649 e. The molecule has 0 aliphatic rings. The van der Waals surface area contributed by atoms with E-state index in [4.69, 9.17) is 0 Å². The number of hydrogen-bond donors (Lipinski definition) is 0. The molecule has 0 spiro atoms. The van der Waals surface area contributed by atoms with Crippen molar-refractivity contribution in [3.63, 3.8) is 0 Å². The first-order valence-electron chi connectivity index (χ1n) is 8.07. The van der Waals surface area contributed by atoms with Gasteiger partial charge in [-0.3, -0.25) is 0 Å². The fourth-order valence-electron chi connectivity index (χ4n) is 3.40. The minimum Gasteiger partial charge on any atom is -0.0649 e. The van der Waals surface area contributed by atoms with Gasteiger partial charge in [-0.2, -0.15) is 0 Å². The SMILES string of the molecule is CCC(CC)(CC)CCCC(CC)(CC)CC. The van der Waals surface area contributed by atoms with Gasteiger partial charge in [0.2, 0.25) is 0 Å². The topological polar surface area (TPSA) is 0 Å². The zero-order chi connectivity index (χ0) is 13.4. The summed E-state index contributed by atoms with van der Waals surface area (Å²) in [5.41, 5.74) is 1.28. The standard InChI is InChI=1S/C17H36/c1-7-16(8-2,9-3)14-13-15-17(10-4,11-5)12-6/h7-15H2,1-6H3. The Morgan fingerprint density at radius 3 is 0.882 bits per heavy atom. The predicted molar refractivity (Wildman–Crippen MR) is 80.5 cm³/mol. The van der Waals surface area contributed by atoms with Crippen LogP contribution in [-0.2, 0) is 0 Å². The van der Waals surface area contributed by atoms with E-state index < -0.39 is 0 Å². The van der Waals surface area contributed by atoms with Crippen molar-refractivity contribution in [2.45, 2.75) is 99.3 Å². The van der Waals surface area contributed by atoms with Gasteiger partial charge in [0, 0.05) is 0 Å². The minimum atomic E-state index is 0.640. The van der Waals surface area contributed by atoms with E-state index in [-0.39, 0.29) is 0 Å². The third kappa shape index (κ3) is 4.64. The Bertz CT molecular complexity index is 136. The van der Waals surface area contributed by atoms with Gasteiger partial charge in [0.15, 0.2) is 0 Å². The van der Waals surface area contributed by atoms with E-state index in [0.29, 0.717) is 10.8 Å². The second-order valence-electron chi connectivity index (χ2n) is 5.97. The summed E-state index contributed by atoms with van der Waals surface area (Å²) in [6.07, 6.45) is 12.5. The molecule has 0 aliphatic carbocycles. The Morgan fingerprint density at radius 1 is 0.471 bits per heavy atom. The van der Waals surface area contributed by atoms with Crippen LogP contribution in [-0.4, -0.2) is 0 Å². The molecule has 0 radical (unpaired) electrons. The molecule has 0 amide bonds. The summed E-state index contributed by atoms with van der Waals surface area (Å²) in [5.74, 6) is 0. The summed E-state index contributed by atoms with van der Waals surface area (Å²) in [5, 5.41) is 0. The van der Waals surface area contributed by atoms with Gasteiger partial charge in [-0.25, -0.2) is 0 Å². The molecular formula is C17H36. The molecule has 17 heavy (non-hydrogen) atoms. The van der Waals surface area contributed by atoms with E-state index in [1.807, 2.05) is 0 Å². The smallest absolute Gasteiger partial charge is 0.0305 e. The Kier molecular flexibility index (Phi) is 8.16. The molecule has 0 N–H and O–H groups in total. The lowest BCUT2D eigenvalue weighted by Crippen LogP contribution is -2.21. The number of rotatable bonds is 10. The molecular weight excluding hydrogens is 204 g/mol. The van der Waals surface area contributed by atoms with Gasteiger partial charge in [0.05, 0.1) is 0 Å². The summed E-state index contributed by atoms with van der Waals surface area (Å²) >= 11 is 0. The van der Waals surface area contributed by atoms with Crippen LogP contribution in [0, 0.1) is 10.8 Å². The average Bonchev–Trinajstić information content (AvgIpc) is 2.41. The molecule has 0 atom stereocenters. The van der Waals surface area contributed by atoms with Crippen molar-refractivity contribution in [2.24, 2.45) is 10.8 Å². The lowest BCUT2D eigenvalue weighted by Gasteiger charge is -2.34. The van der Waals surface area contributed by atoms with E-state index in [1.165, 1.54) is 57.8 Å². The Morgan fingerprint density at radius 2 is 0.706 bits per heavy atom. The summed E-state index contributed by atoms with van der Waals surface area (Å²) in [6, 6.07) is 0. The van der Waals surface area contributed by atoms with Gasteiger partial charge < -0.3 is 0 Å². The van der Waals surface area contributed by atoms with Gasteiger partial charge in [0.25, 0.3) is 0 Å². The molecule has 104 valence electrons. The molecule has 0 nitrogen and oxygen atoms in total. The van der Waals surface area contributed by atoms with Gasteiger partial charge in [-0.05, 0) is 23.7 Å². The van der Waals surface area contributed by atoms with Crippen LogP contribution >= 0.6 is 0 Å². The predicted octanol–water partition coefficient (Wildman–Crippen LogP) is 6.59. The summed E-state index contributed by atoms with van der Waals surface area (Å²) in [4.78, 5) is 0.